The van der Waals surface area contributed by atoms with E-state index in [4.69, 9.17) is 0 Å². The van der Waals surface area contributed by atoms with Gasteiger partial charge in [-0.1, -0.05) is 71.9 Å². The van der Waals surface area contributed by atoms with Crippen molar-refractivity contribution < 1.29 is 4.79 Å². The SMILES string of the molecule is Cc1ccc(C2SC(c3ccccc3)=NC2=O)cc1. The number of hydrogen-bond donors (Lipinski definition) is 0. The summed E-state index contributed by atoms with van der Waals surface area (Å²) in [6.45, 7) is 2.04. The molecule has 0 saturated heterocycles. The van der Waals surface area contributed by atoms with Crippen LogP contribution in [0, 0.1) is 6.92 Å². The number of carbonyl (C=O) groups is 1. The summed E-state index contributed by atoms with van der Waals surface area (Å²) in [5.41, 5.74) is 3.23. The number of thioether (sulfide) groups is 1. The van der Waals surface area contributed by atoms with Crippen LogP contribution in [0.3, 0.4) is 0 Å². The van der Waals surface area contributed by atoms with Gasteiger partial charge in [0.05, 0.1) is 0 Å². The lowest BCUT2D eigenvalue weighted by atomic mass is 10.1. The maximum Gasteiger partial charge on any atom is 0.264 e. The molecule has 3 rings (SSSR count). The van der Waals surface area contributed by atoms with Crippen molar-refractivity contribution in [3.63, 3.8) is 0 Å². The second kappa shape index (κ2) is 5.02. The molecule has 3 heteroatoms. The van der Waals surface area contributed by atoms with Gasteiger partial charge in [0.2, 0.25) is 0 Å². The van der Waals surface area contributed by atoms with Crippen molar-refractivity contribution in [3.05, 3.63) is 71.3 Å². The number of aliphatic imine (C=N–C) groups is 1. The number of carbonyl (C=O) groups excluding carboxylic acids is 1. The minimum atomic E-state index is -0.198. The van der Waals surface area contributed by atoms with E-state index in [0.29, 0.717) is 0 Å². The van der Waals surface area contributed by atoms with Crippen molar-refractivity contribution in [2.75, 3.05) is 0 Å². The average Bonchev–Trinajstić information content (AvgIpc) is 2.83. The van der Waals surface area contributed by atoms with Crippen LogP contribution in [0.4, 0.5) is 0 Å². The van der Waals surface area contributed by atoms with Gasteiger partial charge >= 0.3 is 0 Å². The average molecular weight is 267 g/mol. The van der Waals surface area contributed by atoms with E-state index in [-0.39, 0.29) is 11.2 Å². The largest absolute Gasteiger partial charge is 0.271 e. The zero-order valence-electron chi connectivity index (χ0n) is 10.5. The van der Waals surface area contributed by atoms with Crippen LogP contribution in [-0.4, -0.2) is 11.0 Å². The van der Waals surface area contributed by atoms with Crippen molar-refractivity contribution in [1.29, 1.82) is 0 Å². The van der Waals surface area contributed by atoms with Gasteiger partial charge < -0.3 is 0 Å². The minimum absolute atomic E-state index is 0.0623. The summed E-state index contributed by atoms with van der Waals surface area (Å²) >= 11 is 1.53. The summed E-state index contributed by atoms with van der Waals surface area (Å²) < 4.78 is 0. The predicted octanol–water partition coefficient (Wildman–Crippen LogP) is 3.76. The summed E-state index contributed by atoms with van der Waals surface area (Å²) in [7, 11) is 0. The molecular weight excluding hydrogens is 254 g/mol. The molecule has 2 aromatic rings. The topological polar surface area (TPSA) is 29.4 Å². The highest BCUT2D eigenvalue weighted by atomic mass is 32.2. The highest BCUT2D eigenvalue weighted by Crippen LogP contribution is 2.38. The van der Waals surface area contributed by atoms with E-state index in [1.807, 2.05) is 61.5 Å². The van der Waals surface area contributed by atoms with Gasteiger partial charge in [-0.15, -0.1) is 0 Å². The number of aryl methyl sites for hydroxylation is 1. The van der Waals surface area contributed by atoms with Crippen LogP contribution >= 0.6 is 11.8 Å². The van der Waals surface area contributed by atoms with Gasteiger partial charge in [-0.2, -0.15) is 0 Å². The molecule has 1 amide bonds. The van der Waals surface area contributed by atoms with Crippen molar-refractivity contribution in [2.45, 2.75) is 12.2 Å². The second-order valence-corrected chi connectivity index (χ2v) is 5.62. The zero-order chi connectivity index (χ0) is 13.2. The lowest BCUT2D eigenvalue weighted by Gasteiger charge is -2.07. The monoisotopic (exact) mass is 267 g/mol. The van der Waals surface area contributed by atoms with E-state index in [9.17, 15) is 4.79 Å². The molecular formula is C16H13NOS. The smallest absolute Gasteiger partial charge is 0.264 e. The van der Waals surface area contributed by atoms with Gasteiger partial charge in [0, 0.05) is 5.56 Å². The number of nitrogens with zero attached hydrogens (tertiary/aromatic N) is 1. The Morgan fingerprint density at radius 2 is 1.68 bits per heavy atom. The van der Waals surface area contributed by atoms with E-state index >= 15 is 0 Å². The molecule has 0 aromatic heterocycles. The maximum atomic E-state index is 12.0. The van der Waals surface area contributed by atoms with Gasteiger partial charge in [0.1, 0.15) is 10.3 Å². The van der Waals surface area contributed by atoms with E-state index in [1.165, 1.54) is 17.3 Å². The van der Waals surface area contributed by atoms with E-state index in [0.717, 1.165) is 16.2 Å². The molecule has 0 bridgehead atoms. The van der Waals surface area contributed by atoms with E-state index in [2.05, 4.69) is 4.99 Å². The predicted molar refractivity (Wildman–Crippen MR) is 79.5 cm³/mol. The summed E-state index contributed by atoms with van der Waals surface area (Å²) in [6.07, 6.45) is 0. The molecule has 0 N–H and O–H groups in total. The molecule has 2 nitrogen and oxygen atoms in total. The van der Waals surface area contributed by atoms with Crippen LogP contribution in [0.25, 0.3) is 0 Å². The van der Waals surface area contributed by atoms with E-state index in [1.54, 1.807) is 0 Å². The first-order chi connectivity index (χ1) is 9.24. The van der Waals surface area contributed by atoms with Crippen molar-refractivity contribution >= 4 is 22.7 Å². The Bertz CT molecular complexity index is 632. The summed E-state index contributed by atoms with van der Waals surface area (Å²) in [4.78, 5) is 16.2. The molecule has 1 aliphatic heterocycles. The fourth-order valence-electron chi connectivity index (χ4n) is 2.01. The van der Waals surface area contributed by atoms with Gasteiger partial charge in [0.15, 0.2) is 0 Å². The van der Waals surface area contributed by atoms with Crippen LogP contribution in [0.5, 0.6) is 0 Å². The third-order valence-corrected chi connectivity index (χ3v) is 4.33. The number of benzene rings is 2. The quantitative estimate of drug-likeness (QED) is 0.829. The third kappa shape index (κ3) is 2.47. The summed E-state index contributed by atoms with van der Waals surface area (Å²) in [5, 5.41) is 0.618. The maximum absolute atomic E-state index is 12.0. The van der Waals surface area contributed by atoms with Crippen molar-refractivity contribution in [2.24, 2.45) is 4.99 Å². The molecule has 1 heterocycles. The lowest BCUT2D eigenvalue weighted by molar-refractivity contribution is -0.117. The van der Waals surface area contributed by atoms with Crippen LogP contribution < -0.4 is 0 Å². The highest BCUT2D eigenvalue weighted by molar-refractivity contribution is 8.15. The Morgan fingerprint density at radius 3 is 2.37 bits per heavy atom. The minimum Gasteiger partial charge on any atom is -0.271 e. The number of hydrogen-bond acceptors (Lipinski definition) is 2. The van der Waals surface area contributed by atoms with Gasteiger partial charge in [-0.05, 0) is 12.5 Å². The molecule has 0 fully saturated rings. The number of rotatable bonds is 2. The van der Waals surface area contributed by atoms with Crippen LogP contribution in [0.2, 0.25) is 0 Å². The lowest BCUT2D eigenvalue weighted by Crippen LogP contribution is -2.01. The fourth-order valence-corrected chi connectivity index (χ4v) is 3.10. The molecule has 0 spiro atoms. The van der Waals surface area contributed by atoms with Crippen molar-refractivity contribution in [3.8, 4) is 0 Å². The van der Waals surface area contributed by atoms with E-state index < -0.39 is 0 Å². The molecule has 1 unspecified atom stereocenters. The van der Waals surface area contributed by atoms with Gasteiger partial charge in [0.25, 0.3) is 5.91 Å². The zero-order valence-corrected chi connectivity index (χ0v) is 11.4. The molecule has 2 aromatic carbocycles. The third-order valence-electron chi connectivity index (χ3n) is 3.07. The van der Waals surface area contributed by atoms with Crippen LogP contribution in [-0.2, 0) is 4.79 Å². The van der Waals surface area contributed by atoms with Gasteiger partial charge in [-0.25, -0.2) is 4.99 Å². The molecule has 1 atom stereocenters. The van der Waals surface area contributed by atoms with Crippen LogP contribution in [0.15, 0.2) is 59.6 Å². The molecule has 0 saturated carbocycles. The Hall–Kier alpha value is -1.87. The van der Waals surface area contributed by atoms with Gasteiger partial charge in [-0.3, -0.25) is 4.79 Å². The number of amides is 1. The molecule has 19 heavy (non-hydrogen) atoms. The molecule has 0 aliphatic carbocycles. The Labute approximate surface area is 116 Å². The standard InChI is InChI=1S/C16H13NOS/c1-11-7-9-12(10-8-11)14-15(18)17-16(19-14)13-5-3-2-4-6-13/h2-10,14H,1H3. The van der Waals surface area contributed by atoms with Crippen molar-refractivity contribution in [1.82, 2.24) is 0 Å². The first kappa shape index (κ1) is 12.2. The first-order valence-electron chi connectivity index (χ1n) is 6.15. The normalized spacial score (nSPS) is 18.5. The molecule has 94 valence electrons. The summed E-state index contributed by atoms with van der Waals surface area (Å²) in [5.74, 6) is -0.0623. The Balaban J connectivity index is 1.86. The first-order valence-corrected chi connectivity index (χ1v) is 7.03. The molecule has 1 aliphatic rings. The fraction of sp³-hybridized carbons (Fsp3) is 0.125. The Morgan fingerprint density at radius 1 is 1.00 bits per heavy atom. The molecule has 0 radical (unpaired) electrons. The highest BCUT2D eigenvalue weighted by Gasteiger charge is 2.30. The second-order valence-electron chi connectivity index (χ2n) is 4.53. The summed E-state index contributed by atoms with van der Waals surface area (Å²) in [6, 6.07) is 17.9. The Kier molecular flexibility index (Phi) is 3.22. The van der Waals surface area contributed by atoms with Crippen LogP contribution in [0.1, 0.15) is 21.9 Å².